The lowest BCUT2D eigenvalue weighted by Gasteiger charge is -2.34. The third kappa shape index (κ3) is 8.46. The monoisotopic (exact) mass is 589 g/mol. The predicted octanol–water partition coefficient (Wildman–Crippen LogP) is 5.23. The normalized spacial score (nSPS) is 12.2. The van der Waals surface area contributed by atoms with E-state index < -0.39 is 28.5 Å². The number of sulfonamides is 1. The first-order valence-corrected chi connectivity index (χ1v) is 15.1. The van der Waals surface area contributed by atoms with Gasteiger partial charge in [0.1, 0.15) is 12.6 Å². The molecule has 1 atom stereocenters. The van der Waals surface area contributed by atoms with Gasteiger partial charge in [-0.1, -0.05) is 77.8 Å². The Morgan fingerprint density at radius 1 is 0.923 bits per heavy atom. The van der Waals surface area contributed by atoms with Gasteiger partial charge in [0.05, 0.1) is 11.9 Å². The Kier molecular flexibility index (Phi) is 10.4. The quantitative estimate of drug-likeness (QED) is 0.331. The van der Waals surface area contributed by atoms with Crippen LogP contribution >= 0.6 is 23.2 Å². The molecule has 0 fully saturated rings. The minimum Gasteiger partial charge on any atom is -0.352 e. The topological polar surface area (TPSA) is 86.8 Å². The van der Waals surface area contributed by atoms with Crippen molar-refractivity contribution in [2.45, 2.75) is 45.8 Å². The molecule has 2 amide bonds. The molecule has 0 unspecified atom stereocenters. The molecule has 0 aliphatic rings. The van der Waals surface area contributed by atoms with E-state index in [1.165, 1.54) is 11.0 Å². The smallest absolute Gasteiger partial charge is 0.244 e. The maximum Gasteiger partial charge on any atom is 0.244 e. The molecular weight excluding hydrogens is 557 g/mol. The highest BCUT2D eigenvalue weighted by atomic mass is 35.5. The minimum atomic E-state index is -3.88. The third-order valence-electron chi connectivity index (χ3n) is 6.12. The van der Waals surface area contributed by atoms with E-state index in [0.29, 0.717) is 15.6 Å². The lowest BCUT2D eigenvalue weighted by molar-refractivity contribution is -0.140. The molecule has 0 aliphatic carbocycles. The summed E-state index contributed by atoms with van der Waals surface area (Å²) in [6.45, 7) is 4.96. The lowest BCUT2D eigenvalue weighted by atomic mass is 10.0. The van der Waals surface area contributed by atoms with E-state index in [2.05, 4.69) is 5.32 Å². The molecule has 0 aromatic heterocycles. The second-order valence-electron chi connectivity index (χ2n) is 9.68. The highest BCUT2D eigenvalue weighted by molar-refractivity contribution is 7.92. The van der Waals surface area contributed by atoms with E-state index in [1.807, 2.05) is 44.2 Å². The molecule has 39 heavy (non-hydrogen) atoms. The van der Waals surface area contributed by atoms with Gasteiger partial charge < -0.3 is 10.2 Å². The average Bonchev–Trinajstić information content (AvgIpc) is 2.87. The van der Waals surface area contributed by atoms with Crippen molar-refractivity contribution in [1.29, 1.82) is 0 Å². The van der Waals surface area contributed by atoms with Crippen LogP contribution in [0.1, 0.15) is 30.5 Å². The summed E-state index contributed by atoms with van der Waals surface area (Å²) < 4.78 is 26.7. The van der Waals surface area contributed by atoms with E-state index in [0.717, 1.165) is 21.7 Å². The Morgan fingerprint density at radius 3 is 2.15 bits per heavy atom. The molecule has 0 saturated carbocycles. The summed E-state index contributed by atoms with van der Waals surface area (Å²) in [5.74, 6) is -0.907. The predicted molar refractivity (Wildman–Crippen MR) is 158 cm³/mol. The third-order valence-corrected chi connectivity index (χ3v) is 8.04. The Bertz CT molecular complexity index is 1420. The van der Waals surface area contributed by atoms with Gasteiger partial charge in [-0.15, -0.1) is 0 Å². The molecule has 3 rings (SSSR count). The van der Waals surface area contributed by atoms with Crippen LogP contribution in [0.5, 0.6) is 0 Å². The fourth-order valence-electron chi connectivity index (χ4n) is 4.10. The highest BCUT2D eigenvalue weighted by Gasteiger charge is 2.33. The lowest BCUT2D eigenvalue weighted by Crippen LogP contribution is -2.54. The van der Waals surface area contributed by atoms with Gasteiger partial charge in [-0.25, -0.2) is 8.42 Å². The van der Waals surface area contributed by atoms with E-state index >= 15 is 0 Å². The SMILES string of the molecule is Cc1ccc(N(CC(=O)N(Cc2ccccc2Cl)[C@H](Cc2ccccc2)C(=O)NC(C)C)S(C)(=O)=O)cc1Cl. The minimum absolute atomic E-state index is 0.00772. The Morgan fingerprint density at radius 2 is 1.56 bits per heavy atom. The van der Waals surface area contributed by atoms with Crippen molar-refractivity contribution in [2.75, 3.05) is 17.1 Å². The number of carbonyl (C=O) groups is 2. The fraction of sp³-hybridized carbons (Fsp3) is 0.310. The molecule has 0 spiro atoms. The van der Waals surface area contributed by atoms with Crippen molar-refractivity contribution in [2.24, 2.45) is 0 Å². The van der Waals surface area contributed by atoms with Crippen LogP contribution in [0.3, 0.4) is 0 Å². The van der Waals surface area contributed by atoms with Crippen molar-refractivity contribution < 1.29 is 18.0 Å². The maximum atomic E-state index is 14.0. The van der Waals surface area contributed by atoms with Gasteiger partial charge in [-0.2, -0.15) is 0 Å². The van der Waals surface area contributed by atoms with E-state index in [9.17, 15) is 18.0 Å². The van der Waals surface area contributed by atoms with Gasteiger partial charge in [-0.05, 0) is 55.7 Å². The van der Waals surface area contributed by atoms with Crippen LogP contribution in [0.2, 0.25) is 10.0 Å². The van der Waals surface area contributed by atoms with Crippen LogP contribution in [0.15, 0.2) is 72.8 Å². The molecule has 0 aliphatic heterocycles. The molecule has 0 saturated heterocycles. The molecule has 208 valence electrons. The molecule has 1 N–H and O–H groups in total. The molecule has 3 aromatic carbocycles. The van der Waals surface area contributed by atoms with Crippen LogP contribution in [0, 0.1) is 6.92 Å². The summed E-state index contributed by atoms with van der Waals surface area (Å²) in [4.78, 5) is 29.0. The van der Waals surface area contributed by atoms with Crippen LogP contribution in [-0.4, -0.2) is 50.0 Å². The molecule has 0 heterocycles. The standard InChI is InChI=1S/C29H33Cl2N3O4S/c1-20(2)32-29(36)27(16-22-10-6-5-7-11-22)33(18-23-12-8-9-13-25(23)30)28(35)19-34(39(4,37)38)24-15-14-21(3)26(31)17-24/h5-15,17,20,27H,16,18-19H2,1-4H3,(H,32,36)/t27-/m1/s1. The Balaban J connectivity index is 2.08. The zero-order valence-corrected chi connectivity index (χ0v) is 24.7. The number of nitrogens with zero attached hydrogens (tertiary/aromatic N) is 2. The second kappa shape index (κ2) is 13.3. The number of amides is 2. The van der Waals surface area contributed by atoms with Crippen molar-refractivity contribution in [3.63, 3.8) is 0 Å². The molecule has 7 nitrogen and oxygen atoms in total. The van der Waals surface area contributed by atoms with E-state index in [1.54, 1.807) is 43.3 Å². The van der Waals surface area contributed by atoms with E-state index in [-0.39, 0.29) is 30.6 Å². The first kappa shape index (κ1) is 30.5. The highest BCUT2D eigenvalue weighted by Crippen LogP contribution is 2.26. The summed E-state index contributed by atoms with van der Waals surface area (Å²) in [5.41, 5.74) is 2.51. The number of halogens is 2. The maximum absolute atomic E-state index is 14.0. The number of nitrogens with one attached hydrogen (secondary N) is 1. The van der Waals surface area contributed by atoms with Gasteiger partial charge in [0, 0.05) is 29.1 Å². The number of carbonyl (C=O) groups excluding carboxylic acids is 2. The number of hydrogen-bond acceptors (Lipinski definition) is 4. The Hall–Kier alpha value is -3.07. The Labute approximate surface area is 240 Å². The van der Waals surface area contributed by atoms with Crippen LogP contribution in [-0.2, 0) is 32.6 Å². The summed E-state index contributed by atoms with van der Waals surface area (Å²) in [6.07, 6.45) is 1.25. The van der Waals surface area contributed by atoms with Gasteiger partial charge in [0.2, 0.25) is 21.8 Å². The second-order valence-corrected chi connectivity index (χ2v) is 12.4. The van der Waals surface area contributed by atoms with Crippen molar-refractivity contribution in [3.05, 3.63) is 99.5 Å². The molecular formula is C29H33Cl2N3O4S. The van der Waals surface area contributed by atoms with Crippen LogP contribution in [0.4, 0.5) is 5.69 Å². The van der Waals surface area contributed by atoms with Crippen molar-refractivity contribution >= 4 is 50.7 Å². The molecule has 0 radical (unpaired) electrons. The number of rotatable bonds is 11. The summed E-state index contributed by atoms with van der Waals surface area (Å²) in [7, 11) is -3.88. The number of hydrogen-bond donors (Lipinski definition) is 1. The molecule has 10 heteroatoms. The largest absolute Gasteiger partial charge is 0.352 e. The fourth-order valence-corrected chi connectivity index (χ4v) is 5.31. The van der Waals surface area contributed by atoms with Crippen molar-refractivity contribution in [1.82, 2.24) is 10.2 Å². The number of aryl methyl sites for hydroxylation is 1. The van der Waals surface area contributed by atoms with Gasteiger partial charge in [0.15, 0.2) is 0 Å². The number of anilines is 1. The number of benzene rings is 3. The molecule has 3 aromatic rings. The zero-order chi connectivity index (χ0) is 28.7. The summed E-state index contributed by atoms with van der Waals surface area (Å²) in [5, 5.41) is 3.72. The van der Waals surface area contributed by atoms with E-state index in [4.69, 9.17) is 23.2 Å². The average molecular weight is 591 g/mol. The van der Waals surface area contributed by atoms with Gasteiger partial charge in [0.25, 0.3) is 0 Å². The summed E-state index contributed by atoms with van der Waals surface area (Å²) >= 11 is 12.7. The van der Waals surface area contributed by atoms with Crippen LogP contribution in [0.25, 0.3) is 0 Å². The zero-order valence-electron chi connectivity index (χ0n) is 22.4. The summed E-state index contributed by atoms with van der Waals surface area (Å²) in [6, 6.07) is 20.1. The van der Waals surface area contributed by atoms with Crippen LogP contribution < -0.4 is 9.62 Å². The van der Waals surface area contributed by atoms with Gasteiger partial charge >= 0.3 is 0 Å². The first-order valence-electron chi connectivity index (χ1n) is 12.5. The molecule has 0 bridgehead atoms. The first-order chi connectivity index (χ1) is 18.4. The van der Waals surface area contributed by atoms with Gasteiger partial charge in [-0.3, -0.25) is 13.9 Å². The van der Waals surface area contributed by atoms with Crippen molar-refractivity contribution in [3.8, 4) is 0 Å².